The van der Waals surface area contributed by atoms with E-state index < -0.39 is 10.4 Å². The number of anilines is 1. The third-order valence-corrected chi connectivity index (χ3v) is 6.84. The predicted octanol–water partition coefficient (Wildman–Crippen LogP) is 5.29. The number of rotatable bonds is 18. The SMILES string of the molecule is [C-]#[N+]c1sc(N=Nc2ccc(N(CCOCCOCCC)CCOCCOS(=O)(=O)O)cc2C)c(C#N)c1C. The number of nitrogens with zero attached hydrogens (tertiary/aromatic N) is 5. The molecule has 0 aliphatic heterocycles. The monoisotopic (exact) mass is 579 g/mol. The number of aryl methyl sites for hydroxylation is 1. The standard InChI is InChI=1S/C25H33N5O7S2/c1-5-10-34-13-14-35-11-8-30(9-12-36-15-16-37-39(31,32)33)21-6-7-23(19(2)17-21)28-29-25-22(18-26)20(3)24(27-4)38-25/h6-7,17H,5,8-16H2,1-3H3,(H,31,32,33). The van der Waals surface area contributed by atoms with Crippen LogP contribution in [0, 0.1) is 31.8 Å². The summed E-state index contributed by atoms with van der Waals surface area (Å²) in [6.07, 6.45) is 0.951. The highest BCUT2D eigenvalue weighted by Crippen LogP contribution is 2.41. The Morgan fingerprint density at radius 2 is 1.69 bits per heavy atom. The van der Waals surface area contributed by atoms with Crippen LogP contribution in [-0.2, 0) is 28.8 Å². The van der Waals surface area contributed by atoms with Gasteiger partial charge in [0.25, 0.3) is 0 Å². The van der Waals surface area contributed by atoms with Crippen molar-refractivity contribution in [2.45, 2.75) is 27.2 Å². The van der Waals surface area contributed by atoms with E-state index in [1.807, 2.05) is 32.0 Å². The lowest BCUT2D eigenvalue weighted by atomic mass is 10.1. The third kappa shape index (κ3) is 11.4. The van der Waals surface area contributed by atoms with Gasteiger partial charge in [0.1, 0.15) is 11.1 Å². The number of ether oxygens (including phenoxy) is 3. The normalized spacial score (nSPS) is 11.5. The molecule has 0 bridgehead atoms. The first-order chi connectivity index (χ1) is 18.7. The summed E-state index contributed by atoms with van der Waals surface area (Å²) < 4.78 is 50.8. The first-order valence-corrected chi connectivity index (χ1v) is 14.4. The Morgan fingerprint density at radius 1 is 1.05 bits per heavy atom. The Kier molecular flexibility index (Phi) is 14.0. The van der Waals surface area contributed by atoms with E-state index >= 15 is 0 Å². The van der Waals surface area contributed by atoms with Crippen molar-refractivity contribution in [3.05, 3.63) is 46.3 Å². The number of azo groups is 1. The minimum atomic E-state index is -4.49. The predicted molar refractivity (Wildman–Crippen MR) is 148 cm³/mol. The van der Waals surface area contributed by atoms with Gasteiger partial charge < -0.3 is 19.1 Å². The second-order valence-electron chi connectivity index (χ2n) is 8.18. The van der Waals surface area contributed by atoms with Gasteiger partial charge in [-0.1, -0.05) is 6.92 Å². The maximum absolute atomic E-state index is 10.6. The van der Waals surface area contributed by atoms with Gasteiger partial charge in [-0.15, -0.1) is 21.6 Å². The number of hydrogen-bond donors (Lipinski definition) is 1. The molecule has 0 saturated heterocycles. The highest BCUT2D eigenvalue weighted by molar-refractivity contribution is 7.80. The average Bonchev–Trinajstić information content (AvgIpc) is 3.21. The number of hydrogen-bond acceptors (Lipinski definition) is 11. The van der Waals surface area contributed by atoms with E-state index in [9.17, 15) is 13.7 Å². The molecule has 0 aliphatic rings. The smallest absolute Gasteiger partial charge is 0.379 e. The first-order valence-electron chi connectivity index (χ1n) is 12.2. The van der Waals surface area contributed by atoms with Crippen LogP contribution in [0.2, 0.25) is 0 Å². The molecule has 2 aromatic rings. The number of benzene rings is 1. The lowest BCUT2D eigenvalue weighted by molar-refractivity contribution is 0.0499. The van der Waals surface area contributed by atoms with Crippen molar-refractivity contribution in [3.8, 4) is 6.07 Å². The molecular formula is C25H33N5O7S2. The van der Waals surface area contributed by atoms with E-state index in [2.05, 4.69) is 30.2 Å². The van der Waals surface area contributed by atoms with Crippen molar-refractivity contribution in [2.75, 3.05) is 64.2 Å². The van der Waals surface area contributed by atoms with Crippen molar-refractivity contribution >= 4 is 43.1 Å². The Morgan fingerprint density at radius 3 is 2.26 bits per heavy atom. The van der Waals surface area contributed by atoms with E-state index in [0.29, 0.717) is 66.3 Å². The van der Waals surface area contributed by atoms with Crippen LogP contribution in [0.5, 0.6) is 0 Å². The van der Waals surface area contributed by atoms with Gasteiger partial charge in [0, 0.05) is 25.4 Å². The lowest BCUT2D eigenvalue weighted by Gasteiger charge is -2.25. The van der Waals surface area contributed by atoms with E-state index in [4.69, 9.17) is 25.3 Å². The fourth-order valence-corrected chi connectivity index (χ4v) is 4.47. The highest BCUT2D eigenvalue weighted by atomic mass is 32.3. The van der Waals surface area contributed by atoms with Crippen molar-refractivity contribution in [1.82, 2.24) is 0 Å². The van der Waals surface area contributed by atoms with E-state index in [1.165, 1.54) is 0 Å². The van der Waals surface area contributed by atoms with Gasteiger partial charge in [-0.2, -0.15) is 13.7 Å². The van der Waals surface area contributed by atoms with Crippen LogP contribution in [0.4, 0.5) is 21.4 Å². The molecule has 1 N–H and O–H groups in total. The fraction of sp³-hybridized carbons (Fsp3) is 0.520. The van der Waals surface area contributed by atoms with Gasteiger partial charge in [-0.3, -0.25) is 4.55 Å². The van der Waals surface area contributed by atoms with E-state index in [1.54, 1.807) is 6.92 Å². The van der Waals surface area contributed by atoms with Gasteiger partial charge >= 0.3 is 10.4 Å². The Labute approximate surface area is 233 Å². The Hall–Kier alpha value is -2.95. The molecule has 0 spiro atoms. The molecule has 12 nitrogen and oxygen atoms in total. The molecule has 14 heteroatoms. The fourth-order valence-electron chi connectivity index (χ4n) is 3.33. The summed E-state index contributed by atoms with van der Waals surface area (Å²) in [5.74, 6) is 0. The van der Waals surface area contributed by atoms with Crippen LogP contribution in [0.15, 0.2) is 28.4 Å². The van der Waals surface area contributed by atoms with E-state index in [-0.39, 0.29) is 19.8 Å². The molecule has 0 amide bonds. The summed E-state index contributed by atoms with van der Waals surface area (Å²) in [7, 11) is -4.49. The summed E-state index contributed by atoms with van der Waals surface area (Å²) in [4.78, 5) is 5.50. The second-order valence-corrected chi connectivity index (χ2v) is 10.2. The summed E-state index contributed by atoms with van der Waals surface area (Å²) >= 11 is 1.14. The zero-order valence-electron chi connectivity index (χ0n) is 22.3. The quantitative estimate of drug-likeness (QED) is 0.108. The van der Waals surface area contributed by atoms with Crippen LogP contribution >= 0.6 is 11.3 Å². The highest BCUT2D eigenvalue weighted by Gasteiger charge is 2.15. The molecule has 0 aliphatic carbocycles. The molecule has 0 atom stereocenters. The molecule has 2 rings (SSSR count). The van der Waals surface area contributed by atoms with Gasteiger partial charge in [0.2, 0.25) is 5.00 Å². The Bertz CT molecular complexity index is 1280. The maximum Gasteiger partial charge on any atom is 0.397 e. The van der Waals surface area contributed by atoms with Gasteiger partial charge in [0.05, 0.1) is 57.5 Å². The van der Waals surface area contributed by atoms with Crippen LogP contribution < -0.4 is 4.90 Å². The number of nitriles is 1. The summed E-state index contributed by atoms with van der Waals surface area (Å²) in [5, 5.41) is 18.8. The minimum Gasteiger partial charge on any atom is -0.379 e. The van der Waals surface area contributed by atoms with Gasteiger partial charge in [0.15, 0.2) is 0 Å². The molecule has 1 aromatic carbocycles. The molecule has 0 radical (unpaired) electrons. The average molecular weight is 580 g/mol. The van der Waals surface area contributed by atoms with Crippen LogP contribution in [0.25, 0.3) is 4.85 Å². The Balaban J connectivity index is 2.06. The van der Waals surface area contributed by atoms with Gasteiger partial charge in [-0.25, -0.2) is 9.03 Å². The van der Waals surface area contributed by atoms with Crippen LogP contribution in [-0.4, -0.2) is 72.3 Å². The molecular weight excluding hydrogens is 546 g/mol. The van der Waals surface area contributed by atoms with Crippen molar-refractivity contribution < 1.29 is 31.4 Å². The van der Waals surface area contributed by atoms with E-state index in [0.717, 1.165) is 29.0 Å². The maximum atomic E-state index is 10.6. The summed E-state index contributed by atoms with van der Waals surface area (Å²) in [6, 6.07) is 7.77. The first kappa shape index (κ1) is 32.3. The van der Waals surface area contributed by atoms with Crippen molar-refractivity contribution in [3.63, 3.8) is 0 Å². The molecule has 1 aromatic heterocycles. The summed E-state index contributed by atoms with van der Waals surface area (Å²) in [6.45, 7) is 16.1. The molecule has 0 fully saturated rings. The largest absolute Gasteiger partial charge is 0.397 e. The van der Waals surface area contributed by atoms with Crippen molar-refractivity contribution in [2.24, 2.45) is 10.2 Å². The molecule has 39 heavy (non-hydrogen) atoms. The lowest BCUT2D eigenvalue weighted by Crippen LogP contribution is -2.31. The topological polar surface area (TPSA) is 147 Å². The third-order valence-electron chi connectivity index (χ3n) is 5.30. The second kappa shape index (κ2) is 16.9. The minimum absolute atomic E-state index is 0.000655. The summed E-state index contributed by atoms with van der Waals surface area (Å²) in [5.41, 5.74) is 3.35. The zero-order chi connectivity index (χ0) is 28.7. The van der Waals surface area contributed by atoms with Crippen molar-refractivity contribution in [1.29, 1.82) is 5.26 Å². The van der Waals surface area contributed by atoms with Crippen LogP contribution in [0.1, 0.15) is 30.0 Å². The molecule has 212 valence electrons. The van der Waals surface area contributed by atoms with Crippen LogP contribution in [0.3, 0.4) is 0 Å². The van der Waals surface area contributed by atoms with Gasteiger partial charge in [-0.05, 0) is 49.6 Å². The molecule has 0 unspecified atom stereocenters. The molecule has 1 heterocycles. The number of thiophene rings is 1. The molecule has 0 saturated carbocycles. The zero-order valence-corrected chi connectivity index (χ0v) is 23.9.